The third-order valence-corrected chi connectivity index (χ3v) is 1.85. The van der Waals surface area contributed by atoms with Crippen molar-refractivity contribution >= 4 is 18.3 Å². The minimum absolute atomic E-state index is 0.00111. The van der Waals surface area contributed by atoms with Crippen molar-refractivity contribution in [3.8, 4) is 0 Å². The van der Waals surface area contributed by atoms with Gasteiger partial charge in [0.05, 0.1) is 22.9 Å². The first-order valence-electron chi connectivity index (χ1n) is 3.98. The molecule has 0 spiro atoms. The summed E-state index contributed by atoms with van der Waals surface area (Å²) in [6.07, 6.45) is 2.72. The maximum atomic E-state index is 10.7. The molecule has 1 heterocycles. The molecule has 0 N–H and O–H groups in total. The average molecular weight is 191 g/mol. The van der Waals surface area contributed by atoms with Crippen molar-refractivity contribution in [3.63, 3.8) is 0 Å². The Labute approximate surface area is 80.2 Å². The fourth-order valence-corrected chi connectivity index (χ4v) is 1.24. The van der Waals surface area contributed by atoms with Gasteiger partial charge >= 0.3 is 7.12 Å². The Morgan fingerprint density at radius 3 is 2.50 bits per heavy atom. The molecule has 0 saturated heterocycles. The molecule has 6 heteroatoms. The van der Waals surface area contributed by atoms with Gasteiger partial charge in [-0.25, -0.2) is 0 Å². The molecule has 0 bridgehead atoms. The fourth-order valence-electron chi connectivity index (χ4n) is 1.24. The van der Waals surface area contributed by atoms with E-state index in [9.17, 15) is 10.1 Å². The Morgan fingerprint density at radius 2 is 1.86 bits per heavy atom. The minimum Gasteiger partial charge on any atom is -0.525 e. The van der Waals surface area contributed by atoms with Gasteiger partial charge in [0.2, 0.25) is 0 Å². The Bertz CT molecular complexity index is 385. The number of nitro benzene ring substituents is 1. The molecule has 0 saturated carbocycles. The van der Waals surface area contributed by atoms with Gasteiger partial charge in [-0.15, -0.1) is 0 Å². The molecule has 2 rings (SSSR count). The molecule has 0 radical (unpaired) electrons. The highest BCUT2D eigenvalue weighted by molar-refractivity contribution is 6.63. The third kappa shape index (κ3) is 1.41. The first-order chi connectivity index (χ1) is 6.79. The van der Waals surface area contributed by atoms with Crippen LogP contribution in [0.2, 0.25) is 0 Å². The molecule has 0 amide bonds. The van der Waals surface area contributed by atoms with E-state index in [1.54, 1.807) is 18.2 Å². The van der Waals surface area contributed by atoms with E-state index >= 15 is 0 Å². The van der Waals surface area contributed by atoms with Crippen LogP contribution < -0.4 is 5.46 Å². The Balaban J connectivity index is 2.36. The zero-order valence-electron chi connectivity index (χ0n) is 7.12. The summed E-state index contributed by atoms with van der Waals surface area (Å²) < 4.78 is 10.0. The van der Waals surface area contributed by atoms with Gasteiger partial charge < -0.3 is 9.31 Å². The standard InChI is InChI=1S/C8H6BNO4/c11-10(12)8-4-2-1-3-7(8)9-13-5-6-14-9/h1-6H. The average Bonchev–Trinajstić information content (AvgIpc) is 2.70. The highest BCUT2D eigenvalue weighted by Crippen LogP contribution is 2.11. The third-order valence-electron chi connectivity index (χ3n) is 1.85. The van der Waals surface area contributed by atoms with Crippen LogP contribution in [-0.2, 0) is 9.31 Å². The largest absolute Gasteiger partial charge is 0.639 e. The van der Waals surface area contributed by atoms with E-state index in [0.717, 1.165) is 0 Å². The lowest BCUT2D eigenvalue weighted by atomic mass is 9.78. The summed E-state index contributed by atoms with van der Waals surface area (Å²) in [6.45, 7) is 0. The van der Waals surface area contributed by atoms with Crippen LogP contribution in [-0.4, -0.2) is 12.0 Å². The van der Waals surface area contributed by atoms with Gasteiger partial charge in [0.25, 0.3) is 5.69 Å². The van der Waals surface area contributed by atoms with Crippen LogP contribution >= 0.6 is 0 Å². The van der Waals surface area contributed by atoms with Crippen LogP contribution in [0.25, 0.3) is 0 Å². The van der Waals surface area contributed by atoms with Crippen molar-refractivity contribution in [1.82, 2.24) is 0 Å². The quantitative estimate of drug-likeness (QED) is 0.394. The minimum atomic E-state index is -0.698. The van der Waals surface area contributed by atoms with E-state index in [2.05, 4.69) is 0 Å². The maximum absolute atomic E-state index is 10.7. The molecule has 0 aromatic heterocycles. The fraction of sp³-hybridized carbons (Fsp3) is 0. The van der Waals surface area contributed by atoms with Gasteiger partial charge in [0.15, 0.2) is 0 Å². The SMILES string of the molecule is O=[N+]([O-])c1ccccc1B1OC=CO1. The van der Waals surface area contributed by atoms with E-state index in [-0.39, 0.29) is 5.69 Å². The lowest BCUT2D eigenvalue weighted by molar-refractivity contribution is -0.383. The topological polar surface area (TPSA) is 61.6 Å². The molecule has 0 fully saturated rings. The molecule has 5 nitrogen and oxygen atoms in total. The van der Waals surface area contributed by atoms with Crippen molar-refractivity contribution in [3.05, 3.63) is 46.9 Å². The van der Waals surface area contributed by atoms with Crippen LogP contribution in [0.5, 0.6) is 0 Å². The molecular weight excluding hydrogens is 185 g/mol. The molecule has 14 heavy (non-hydrogen) atoms. The maximum Gasteiger partial charge on any atom is 0.639 e. The Hall–Kier alpha value is -1.98. The number of benzene rings is 1. The summed E-state index contributed by atoms with van der Waals surface area (Å²) in [5.74, 6) is 0. The first kappa shape index (κ1) is 8.62. The summed E-state index contributed by atoms with van der Waals surface area (Å²) in [6, 6.07) is 6.33. The molecule has 0 atom stereocenters. The Morgan fingerprint density at radius 1 is 1.21 bits per heavy atom. The number of hydrogen-bond acceptors (Lipinski definition) is 4. The highest BCUT2D eigenvalue weighted by Gasteiger charge is 2.33. The van der Waals surface area contributed by atoms with Gasteiger partial charge in [0, 0.05) is 6.07 Å². The smallest absolute Gasteiger partial charge is 0.525 e. The van der Waals surface area contributed by atoms with Crippen molar-refractivity contribution < 1.29 is 14.2 Å². The second-order valence-electron chi connectivity index (χ2n) is 2.69. The van der Waals surface area contributed by atoms with Crippen LogP contribution in [0.15, 0.2) is 36.8 Å². The predicted molar refractivity (Wildman–Crippen MR) is 49.8 cm³/mol. The van der Waals surface area contributed by atoms with E-state index in [4.69, 9.17) is 9.31 Å². The summed E-state index contributed by atoms with van der Waals surface area (Å²) in [4.78, 5) is 10.2. The number of para-hydroxylation sites is 1. The number of nitrogens with zero attached hydrogens (tertiary/aromatic N) is 1. The second kappa shape index (κ2) is 3.41. The zero-order valence-corrected chi connectivity index (χ0v) is 7.12. The van der Waals surface area contributed by atoms with Gasteiger partial charge in [-0.1, -0.05) is 18.2 Å². The van der Waals surface area contributed by atoms with E-state index in [0.29, 0.717) is 5.46 Å². The molecule has 0 aliphatic carbocycles. The van der Waals surface area contributed by atoms with Crippen molar-refractivity contribution in [1.29, 1.82) is 0 Å². The number of hydrogen-bond donors (Lipinski definition) is 0. The van der Waals surface area contributed by atoms with Crippen LogP contribution in [0.1, 0.15) is 0 Å². The summed E-state index contributed by atoms with van der Waals surface area (Å²) >= 11 is 0. The first-order valence-corrected chi connectivity index (χ1v) is 3.98. The zero-order chi connectivity index (χ0) is 9.97. The molecule has 70 valence electrons. The van der Waals surface area contributed by atoms with Crippen LogP contribution in [0, 0.1) is 10.1 Å². The molecule has 1 aromatic carbocycles. The van der Waals surface area contributed by atoms with Crippen LogP contribution in [0.3, 0.4) is 0 Å². The number of nitro groups is 1. The van der Waals surface area contributed by atoms with Gasteiger partial charge in [-0.2, -0.15) is 0 Å². The lowest BCUT2D eigenvalue weighted by Crippen LogP contribution is -2.33. The van der Waals surface area contributed by atoms with Crippen molar-refractivity contribution in [2.75, 3.05) is 0 Å². The Kier molecular flexibility index (Phi) is 2.10. The number of rotatable bonds is 2. The second-order valence-corrected chi connectivity index (χ2v) is 2.69. The molecule has 1 aliphatic heterocycles. The molecule has 0 unspecified atom stereocenters. The summed E-state index contributed by atoms with van der Waals surface area (Å²) in [5, 5.41) is 10.7. The van der Waals surface area contributed by atoms with E-state index in [1.807, 2.05) is 0 Å². The predicted octanol–water partition coefficient (Wildman–Crippen LogP) is 0.808. The van der Waals surface area contributed by atoms with E-state index < -0.39 is 12.0 Å². The highest BCUT2D eigenvalue weighted by atomic mass is 16.6. The lowest BCUT2D eigenvalue weighted by Gasteiger charge is -2.04. The normalized spacial score (nSPS) is 13.6. The van der Waals surface area contributed by atoms with Crippen molar-refractivity contribution in [2.45, 2.75) is 0 Å². The summed E-state index contributed by atoms with van der Waals surface area (Å²) in [7, 11) is -0.698. The van der Waals surface area contributed by atoms with Gasteiger partial charge in [0.1, 0.15) is 0 Å². The van der Waals surface area contributed by atoms with E-state index in [1.165, 1.54) is 18.6 Å². The van der Waals surface area contributed by atoms with Gasteiger partial charge in [-0.05, 0) is 0 Å². The molecule has 1 aliphatic rings. The van der Waals surface area contributed by atoms with Gasteiger partial charge in [-0.3, -0.25) is 10.1 Å². The monoisotopic (exact) mass is 191 g/mol. The summed E-state index contributed by atoms with van der Waals surface area (Å²) in [5.41, 5.74) is 0.420. The van der Waals surface area contributed by atoms with Crippen LogP contribution in [0.4, 0.5) is 5.69 Å². The van der Waals surface area contributed by atoms with Crippen molar-refractivity contribution in [2.24, 2.45) is 0 Å². The molecule has 1 aromatic rings. The molecular formula is C8H6BNO4.